The molecule has 0 radical (unpaired) electrons. The number of para-hydroxylation sites is 1. The zero-order chi connectivity index (χ0) is 13.9. The molecule has 0 N–H and O–H groups in total. The molecular formula is C17H15BrO2. The zero-order valence-corrected chi connectivity index (χ0v) is 12.8. The summed E-state index contributed by atoms with van der Waals surface area (Å²) >= 11 is 3.71. The molecule has 3 heteroatoms. The highest BCUT2D eigenvalue weighted by atomic mass is 79.9. The van der Waals surface area contributed by atoms with E-state index in [4.69, 9.17) is 9.15 Å². The number of hydrogen-bond acceptors (Lipinski definition) is 2. The lowest BCUT2D eigenvalue weighted by Crippen LogP contribution is -1.94. The lowest BCUT2D eigenvalue weighted by Gasteiger charge is -2.08. The molecule has 2 aromatic carbocycles. The minimum Gasteiger partial charge on any atom is -0.497 e. The van der Waals surface area contributed by atoms with Crippen molar-refractivity contribution in [3.8, 4) is 5.75 Å². The molecule has 0 saturated heterocycles. The van der Waals surface area contributed by atoms with Gasteiger partial charge in [0.15, 0.2) is 0 Å². The fourth-order valence-electron chi connectivity index (χ4n) is 2.26. The summed E-state index contributed by atoms with van der Waals surface area (Å²) in [5, 5.41) is 1.14. The first-order chi connectivity index (χ1) is 9.76. The first-order valence-electron chi connectivity index (χ1n) is 6.52. The van der Waals surface area contributed by atoms with Crippen LogP contribution in [0.3, 0.4) is 0 Å². The van der Waals surface area contributed by atoms with Crippen molar-refractivity contribution < 1.29 is 9.15 Å². The molecule has 2 nitrogen and oxygen atoms in total. The van der Waals surface area contributed by atoms with Crippen LogP contribution in [0.1, 0.15) is 16.2 Å². The molecule has 0 spiro atoms. The number of methoxy groups -OCH3 is 1. The lowest BCUT2D eigenvalue weighted by atomic mass is 10.1. The number of halogens is 1. The number of rotatable bonds is 4. The maximum Gasteiger partial charge on any atom is 0.134 e. The topological polar surface area (TPSA) is 22.4 Å². The van der Waals surface area contributed by atoms with Gasteiger partial charge in [0.1, 0.15) is 17.1 Å². The lowest BCUT2D eigenvalue weighted by molar-refractivity contribution is 0.414. The smallest absolute Gasteiger partial charge is 0.134 e. The molecule has 102 valence electrons. The molecule has 0 aliphatic heterocycles. The van der Waals surface area contributed by atoms with E-state index in [2.05, 4.69) is 40.2 Å². The van der Waals surface area contributed by atoms with Crippen LogP contribution < -0.4 is 4.74 Å². The summed E-state index contributed by atoms with van der Waals surface area (Å²) in [6.45, 7) is 0. The van der Waals surface area contributed by atoms with Crippen molar-refractivity contribution in [1.29, 1.82) is 0 Å². The van der Waals surface area contributed by atoms with Gasteiger partial charge in [-0.05, 0) is 36.2 Å². The Kier molecular flexibility index (Phi) is 3.79. The van der Waals surface area contributed by atoms with E-state index in [-0.39, 0.29) is 4.83 Å². The van der Waals surface area contributed by atoms with Crippen LogP contribution in [0, 0.1) is 0 Å². The minimum atomic E-state index is 0.155. The van der Waals surface area contributed by atoms with Crippen molar-refractivity contribution in [1.82, 2.24) is 0 Å². The van der Waals surface area contributed by atoms with Gasteiger partial charge in [0.25, 0.3) is 0 Å². The number of benzene rings is 2. The molecule has 1 unspecified atom stereocenters. The van der Waals surface area contributed by atoms with Gasteiger partial charge in [0, 0.05) is 5.39 Å². The first kappa shape index (κ1) is 13.3. The maximum atomic E-state index is 5.88. The average Bonchev–Trinajstić information content (AvgIpc) is 2.91. The third-order valence-electron chi connectivity index (χ3n) is 3.30. The average molecular weight is 331 g/mol. The van der Waals surface area contributed by atoms with Gasteiger partial charge in [-0.2, -0.15) is 0 Å². The van der Waals surface area contributed by atoms with E-state index in [9.17, 15) is 0 Å². The predicted octanol–water partition coefficient (Wildman–Crippen LogP) is 5.12. The molecule has 1 aromatic heterocycles. The summed E-state index contributed by atoms with van der Waals surface area (Å²) in [6.07, 6.45) is 0.858. The fourth-order valence-corrected chi connectivity index (χ4v) is 2.86. The van der Waals surface area contributed by atoms with E-state index in [1.54, 1.807) is 7.11 Å². The van der Waals surface area contributed by atoms with E-state index in [0.29, 0.717) is 0 Å². The standard InChI is InChI=1S/C17H15BrO2/c1-19-14-7-4-5-12(9-14)10-15(18)17-11-13-6-2-3-8-16(13)20-17/h2-9,11,15H,10H2,1H3. The van der Waals surface area contributed by atoms with E-state index in [1.807, 2.05) is 30.3 Å². The second-order valence-corrected chi connectivity index (χ2v) is 5.82. The summed E-state index contributed by atoms with van der Waals surface area (Å²) in [4.78, 5) is 0.155. The van der Waals surface area contributed by atoms with Crippen molar-refractivity contribution in [2.45, 2.75) is 11.2 Å². The van der Waals surface area contributed by atoms with Crippen LogP contribution in [0.2, 0.25) is 0 Å². The number of ether oxygens (including phenoxy) is 1. The highest BCUT2D eigenvalue weighted by molar-refractivity contribution is 9.09. The van der Waals surface area contributed by atoms with Gasteiger partial charge >= 0.3 is 0 Å². The molecular weight excluding hydrogens is 316 g/mol. The van der Waals surface area contributed by atoms with Crippen LogP contribution in [0.5, 0.6) is 5.75 Å². The van der Waals surface area contributed by atoms with Crippen molar-refractivity contribution in [3.05, 3.63) is 65.9 Å². The number of furan rings is 1. The van der Waals surface area contributed by atoms with Gasteiger partial charge in [0.2, 0.25) is 0 Å². The Morgan fingerprint density at radius 2 is 1.95 bits per heavy atom. The fraction of sp³-hybridized carbons (Fsp3) is 0.176. The van der Waals surface area contributed by atoms with Crippen molar-refractivity contribution in [3.63, 3.8) is 0 Å². The maximum absolute atomic E-state index is 5.88. The highest BCUT2D eigenvalue weighted by Gasteiger charge is 2.14. The molecule has 1 heterocycles. The molecule has 3 rings (SSSR count). The minimum absolute atomic E-state index is 0.155. The largest absolute Gasteiger partial charge is 0.497 e. The molecule has 0 fully saturated rings. The summed E-state index contributed by atoms with van der Waals surface area (Å²) in [7, 11) is 1.68. The Balaban J connectivity index is 1.82. The van der Waals surface area contributed by atoms with Crippen LogP contribution in [-0.4, -0.2) is 7.11 Å². The number of fused-ring (bicyclic) bond motifs is 1. The second-order valence-electron chi connectivity index (χ2n) is 4.71. The van der Waals surface area contributed by atoms with Gasteiger partial charge in [0.05, 0.1) is 11.9 Å². The third-order valence-corrected chi connectivity index (χ3v) is 4.08. The van der Waals surface area contributed by atoms with Gasteiger partial charge < -0.3 is 9.15 Å². The zero-order valence-electron chi connectivity index (χ0n) is 11.2. The van der Waals surface area contributed by atoms with E-state index in [0.717, 1.165) is 28.9 Å². The highest BCUT2D eigenvalue weighted by Crippen LogP contribution is 2.32. The van der Waals surface area contributed by atoms with Crippen LogP contribution in [-0.2, 0) is 6.42 Å². The Bertz CT molecular complexity index is 685. The normalized spacial score (nSPS) is 12.5. The van der Waals surface area contributed by atoms with E-state index in [1.165, 1.54) is 5.56 Å². The number of hydrogen-bond donors (Lipinski definition) is 0. The van der Waals surface area contributed by atoms with E-state index >= 15 is 0 Å². The molecule has 0 bridgehead atoms. The van der Waals surface area contributed by atoms with Crippen molar-refractivity contribution in [2.75, 3.05) is 7.11 Å². The van der Waals surface area contributed by atoms with Gasteiger partial charge in [-0.1, -0.05) is 46.3 Å². The van der Waals surface area contributed by atoms with Gasteiger partial charge in [-0.3, -0.25) is 0 Å². The summed E-state index contributed by atoms with van der Waals surface area (Å²) in [6, 6.07) is 18.3. The molecule has 0 saturated carbocycles. The first-order valence-corrected chi connectivity index (χ1v) is 7.43. The second kappa shape index (κ2) is 5.71. The number of alkyl halides is 1. The Labute approximate surface area is 126 Å². The van der Waals surface area contributed by atoms with Gasteiger partial charge in [-0.25, -0.2) is 0 Å². The third kappa shape index (κ3) is 2.73. The molecule has 0 aliphatic rings. The van der Waals surface area contributed by atoms with Crippen molar-refractivity contribution >= 4 is 26.9 Å². The van der Waals surface area contributed by atoms with Crippen LogP contribution in [0.4, 0.5) is 0 Å². The quantitative estimate of drug-likeness (QED) is 0.619. The molecule has 20 heavy (non-hydrogen) atoms. The Morgan fingerprint density at radius 3 is 2.75 bits per heavy atom. The Morgan fingerprint density at radius 1 is 1.10 bits per heavy atom. The van der Waals surface area contributed by atoms with Crippen LogP contribution >= 0.6 is 15.9 Å². The van der Waals surface area contributed by atoms with E-state index < -0.39 is 0 Å². The molecule has 0 aliphatic carbocycles. The van der Waals surface area contributed by atoms with Gasteiger partial charge in [-0.15, -0.1) is 0 Å². The Hall–Kier alpha value is -1.74. The van der Waals surface area contributed by atoms with Crippen molar-refractivity contribution in [2.24, 2.45) is 0 Å². The summed E-state index contributed by atoms with van der Waals surface area (Å²) in [5.41, 5.74) is 2.14. The molecule has 3 aromatic rings. The predicted molar refractivity (Wildman–Crippen MR) is 84.6 cm³/mol. The molecule has 0 amide bonds. The summed E-state index contributed by atoms with van der Waals surface area (Å²) < 4.78 is 11.1. The monoisotopic (exact) mass is 330 g/mol. The summed E-state index contributed by atoms with van der Waals surface area (Å²) in [5.74, 6) is 1.83. The SMILES string of the molecule is COc1cccc(CC(Br)c2cc3ccccc3o2)c1. The van der Waals surface area contributed by atoms with Crippen LogP contribution in [0.15, 0.2) is 59.0 Å². The molecule has 1 atom stereocenters. The van der Waals surface area contributed by atoms with Crippen LogP contribution in [0.25, 0.3) is 11.0 Å².